The molecule has 1 aromatic heterocycles. The van der Waals surface area contributed by atoms with Crippen LogP contribution in [-0.4, -0.2) is 65.1 Å². The van der Waals surface area contributed by atoms with E-state index in [0.29, 0.717) is 5.92 Å². The lowest BCUT2D eigenvalue weighted by Crippen LogP contribution is -2.41. The van der Waals surface area contributed by atoms with Crippen molar-refractivity contribution in [3.05, 3.63) is 18.2 Å². The summed E-state index contributed by atoms with van der Waals surface area (Å²) in [6, 6.07) is 0. The summed E-state index contributed by atoms with van der Waals surface area (Å²) in [5.74, 6) is 3.43. The molecule has 6 nitrogen and oxygen atoms in total. The zero-order chi connectivity index (χ0) is 18.2. The van der Waals surface area contributed by atoms with Crippen LogP contribution in [0, 0.1) is 11.8 Å². The molecule has 1 atom stereocenters. The number of likely N-dealkylation sites (tertiary alicyclic amines) is 1. The first kappa shape index (κ1) is 19.8. The predicted molar refractivity (Wildman–Crippen MR) is 105 cm³/mol. The lowest BCUT2D eigenvalue weighted by Gasteiger charge is -2.24. The molecule has 2 heterocycles. The van der Waals surface area contributed by atoms with Crippen molar-refractivity contribution in [2.75, 3.05) is 39.8 Å². The number of hydrogen-bond acceptors (Lipinski definition) is 3. The third kappa shape index (κ3) is 5.73. The summed E-state index contributed by atoms with van der Waals surface area (Å²) in [7, 11) is 1.88. The Kier molecular flexibility index (Phi) is 7.75. The molecule has 1 aliphatic heterocycles. The zero-order valence-corrected chi connectivity index (χ0v) is 16.7. The highest BCUT2D eigenvalue weighted by molar-refractivity contribution is 5.80. The van der Waals surface area contributed by atoms with Crippen LogP contribution in [0.25, 0.3) is 0 Å². The molecular formula is C19H36N6. The van der Waals surface area contributed by atoms with Gasteiger partial charge in [-0.3, -0.25) is 4.99 Å². The Morgan fingerprint density at radius 1 is 1.40 bits per heavy atom. The average molecular weight is 349 g/mol. The van der Waals surface area contributed by atoms with Gasteiger partial charge in [0, 0.05) is 45.6 Å². The fourth-order valence-corrected chi connectivity index (χ4v) is 3.58. The lowest BCUT2D eigenvalue weighted by molar-refractivity contribution is 0.255. The number of aromatic nitrogens is 2. The van der Waals surface area contributed by atoms with Gasteiger partial charge in [-0.2, -0.15) is 0 Å². The summed E-state index contributed by atoms with van der Waals surface area (Å²) in [6.07, 6.45) is 5.20. The van der Waals surface area contributed by atoms with E-state index in [4.69, 9.17) is 0 Å². The Morgan fingerprint density at radius 3 is 2.80 bits per heavy atom. The van der Waals surface area contributed by atoms with Crippen molar-refractivity contribution in [2.24, 2.45) is 16.8 Å². The minimum atomic E-state index is 0.617. The number of guanidine groups is 1. The van der Waals surface area contributed by atoms with Gasteiger partial charge in [-0.05, 0) is 31.3 Å². The second kappa shape index (κ2) is 9.80. The Labute approximate surface area is 153 Å². The van der Waals surface area contributed by atoms with E-state index in [0.717, 1.165) is 57.0 Å². The van der Waals surface area contributed by atoms with Crippen LogP contribution in [0.2, 0.25) is 0 Å². The van der Waals surface area contributed by atoms with Crippen molar-refractivity contribution < 1.29 is 0 Å². The Hall–Kier alpha value is -1.56. The first-order valence-corrected chi connectivity index (χ1v) is 9.75. The van der Waals surface area contributed by atoms with Gasteiger partial charge in [0.25, 0.3) is 0 Å². The molecule has 1 aliphatic rings. The maximum absolute atomic E-state index is 4.50. The van der Waals surface area contributed by atoms with Crippen molar-refractivity contribution in [1.29, 1.82) is 0 Å². The van der Waals surface area contributed by atoms with Crippen LogP contribution in [0.1, 0.15) is 39.9 Å². The molecule has 0 radical (unpaired) electrons. The molecule has 25 heavy (non-hydrogen) atoms. The molecule has 0 amide bonds. The minimum absolute atomic E-state index is 0.617. The average Bonchev–Trinajstić information content (AvgIpc) is 3.22. The highest BCUT2D eigenvalue weighted by Crippen LogP contribution is 2.17. The van der Waals surface area contributed by atoms with Gasteiger partial charge in [-0.25, -0.2) is 4.98 Å². The molecular weight excluding hydrogens is 312 g/mol. The van der Waals surface area contributed by atoms with E-state index >= 15 is 0 Å². The SMILES string of the molecule is CCN(CC)CC1CCN(C(=NC)NCc2nccn2CC(C)C)C1. The van der Waals surface area contributed by atoms with Gasteiger partial charge >= 0.3 is 0 Å². The summed E-state index contributed by atoms with van der Waals surface area (Å²) in [6.45, 7) is 16.3. The number of imidazole rings is 1. The van der Waals surface area contributed by atoms with Crippen molar-refractivity contribution in [2.45, 2.75) is 47.2 Å². The highest BCUT2D eigenvalue weighted by atomic mass is 15.3. The zero-order valence-electron chi connectivity index (χ0n) is 16.7. The Morgan fingerprint density at radius 2 is 2.16 bits per heavy atom. The van der Waals surface area contributed by atoms with Gasteiger partial charge in [0.05, 0.1) is 6.54 Å². The first-order valence-electron chi connectivity index (χ1n) is 9.75. The van der Waals surface area contributed by atoms with E-state index in [1.807, 2.05) is 13.2 Å². The number of nitrogens with one attached hydrogen (secondary N) is 1. The molecule has 6 heteroatoms. The number of aliphatic imine (C=N–C) groups is 1. The fraction of sp³-hybridized carbons (Fsp3) is 0.789. The molecule has 1 fully saturated rings. The van der Waals surface area contributed by atoms with Crippen molar-refractivity contribution in [3.8, 4) is 0 Å². The minimum Gasteiger partial charge on any atom is -0.349 e. The molecule has 0 saturated carbocycles. The number of hydrogen-bond donors (Lipinski definition) is 1. The molecule has 1 saturated heterocycles. The van der Waals surface area contributed by atoms with Gasteiger partial charge in [0.2, 0.25) is 0 Å². The standard InChI is InChI=1S/C19H36N6/c1-6-23(7-2)14-17-8-10-25(15-17)19(20-5)22-12-18-21-9-11-24(18)13-16(3)4/h9,11,16-17H,6-8,10,12-15H2,1-5H3,(H,20,22). The van der Waals surface area contributed by atoms with E-state index in [2.05, 4.69) is 63.6 Å². The summed E-state index contributed by atoms with van der Waals surface area (Å²) < 4.78 is 2.23. The maximum atomic E-state index is 4.50. The van der Waals surface area contributed by atoms with Gasteiger partial charge in [0.1, 0.15) is 5.82 Å². The van der Waals surface area contributed by atoms with Crippen LogP contribution in [0.3, 0.4) is 0 Å². The van der Waals surface area contributed by atoms with Gasteiger partial charge < -0.3 is 19.7 Å². The molecule has 0 aromatic carbocycles. The van der Waals surface area contributed by atoms with Crippen LogP contribution in [-0.2, 0) is 13.1 Å². The van der Waals surface area contributed by atoms with E-state index in [1.165, 1.54) is 13.0 Å². The van der Waals surface area contributed by atoms with E-state index < -0.39 is 0 Å². The maximum Gasteiger partial charge on any atom is 0.194 e. The summed E-state index contributed by atoms with van der Waals surface area (Å²) in [4.78, 5) is 13.9. The van der Waals surface area contributed by atoms with Crippen molar-refractivity contribution in [3.63, 3.8) is 0 Å². The number of rotatable bonds is 8. The second-order valence-corrected chi connectivity index (χ2v) is 7.38. The predicted octanol–water partition coefficient (Wildman–Crippen LogP) is 2.28. The quantitative estimate of drug-likeness (QED) is 0.578. The molecule has 0 aliphatic carbocycles. The van der Waals surface area contributed by atoms with Crippen LogP contribution in [0.4, 0.5) is 0 Å². The van der Waals surface area contributed by atoms with Crippen LogP contribution < -0.4 is 5.32 Å². The summed E-state index contributed by atoms with van der Waals surface area (Å²) >= 11 is 0. The van der Waals surface area contributed by atoms with Gasteiger partial charge in [-0.15, -0.1) is 0 Å². The third-order valence-electron chi connectivity index (χ3n) is 4.98. The van der Waals surface area contributed by atoms with Crippen LogP contribution >= 0.6 is 0 Å². The molecule has 1 N–H and O–H groups in total. The van der Waals surface area contributed by atoms with E-state index in [9.17, 15) is 0 Å². The Balaban J connectivity index is 1.86. The largest absolute Gasteiger partial charge is 0.349 e. The molecule has 2 rings (SSSR count). The highest BCUT2D eigenvalue weighted by Gasteiger charge is 2.26. The molecule has 0 bridgehead atoms. The topological polar surface area (TPSA) is 48.7 Å². The number of nitrogens with zero attached hydrogens (tertiary/aromatic N) is 5. The normalized spacial score (nSPS) is 18.6. The lowest BCUT2D eigenvalue weighted by atomic mass is 10.1. The molecule has 142 valence electrons. The third-order valence-corrected chi connectivity index (χ3v) is 4.98. The van der Waals surface area contributed by atoms with E-state index in [1.54, 1.807) is 0 Å². The van der Waals surface area contributed by atoms with Gasteiger partial charge in [-0.1, -0.05) is 27.7 Å². The smallest absolute Gasteiger partial charge is 0.194 e. The first-order chi connectivity index (χ1) is 12.1. The van der Waals surface area contributed by atoms with Crippen LogP contribution in [0.5, 0.6) is 0 Å². The van der Waals surface area contributed by atoms with Gasteiger partial charge in [0.15, 0.2) is 5.96 Å². The molecule has 0 spiro atoms. The monoisotopic (exact) mass is 348 g/mol. The van der Waals surface area contributed by atoms with Crippen molar-refractivity contribution in [1.82, 2.24) is 24.7 Å². The summed E-state index contributed by atoms with van der Waals surface area (Å²) in [5.41, 5.74) is 0. The summed E-state index contributed by atoms with van der Waals surface area (Å²) in [5, 5.41) is 3.51. The Bertz CT molecular complexity index is 532. The van der Waals surface area contributed by atoms with E-state index in [-0.39, 0.29) is 0 Å². The van der Waals surface area contributed by atoms with Crippen LogP contribution in [0.15, 0.2) is 17.4 Å². The fourth-order valence-electron chi connectivity index (χ4n) is 3.58. The van der Waals surface area contributed by atoms with Crippen molar-refractivity contribution >= 4 is 5.96 Å². The molecule has 1 aromatic rings. The molecule has 1 unspecified atom stereocenters. The second-order valence-electron chi connectivity index (χ2n) is 7.38.